The predicted octanol–water partition coefficient (Wildman–Crippen LogP) is 1.74. The van der Waals surface area contributed by atoms with E-state index in [9.17, 15) is 4.79 Å². The molecule has 1 fully saturated rings. The van der Waals surface area contributed by atoms with Crippen molar-refractivity contribution in [2.75, 3.05) is 27.2 Å². The van der Waals surface area contributed by atoms with Crippen molar-refractivity contribution >= 4 is 5.91 Å². The van der Waals surface area contributed by atoms with E-state index in [4.69, 9.17) is 5.73 Å². The monoisotopic (exact) mass is 269 g/mol. The Hall–Kier alpha value is -0.610. The van der Waals surface area contributed by atoms with Gasteiger partial charge in [-0.05, 0) is 40.3 Å². The van der Waals surface area contributed by atoms with E-state index in [-0.39, 0.29) is 11.4 Å². The quantitative estimate of drug-likeness (QED) is 0.772. The minimum absolute atomic E-state index is 0.101. The fraction of sp³-hybridized carbons (Fsp3) is 0.933. The summed E-state index contributed by atoms with van der Waals surface area (Å²) >= 11 is 0. The van der Waals surface area contributed by atoms with E-state index in [1.165, 1.54) is 32.1 Å². The number of amides is 1. The van der Waals surface area contributed by atoms with Gasteiger partial charge in [0.2, 0.25) is 5.91 Å². The van der Waals surface area contributed by atoms with Crippen molar-refractivity contribution < 1.29 is 4.79 Å². The lowest BCUT2D eigenvalue weighted by Crippen LogP contribution is -2.56. The molecule has 112 valence electrons. The molecule has 0 aromatic heterocycles. The van der Waals surface area contributed by atoms with Crippen molar-refractivity contribution in [2.24, 2.45) is 11.1 Å². The van der Waals surface area contributed by atoms with Crippen LogP contribution in [0.2, 0.25) is 0 Å². The van der Waals surface area contributed by atoms with Crippen LogP contribution in [-0.2, 0) is 4.79 Å². The van der Waals surface area contributed by atoms with E-state index in [1.807, 2.05) is 13.8 Å². The van der Waals surface area contributed by atoms with Crippen molar-refractivity contribution in [1.29, 1.82) is 0 Å². The highest BCUT2D eigenvalue weighted by Crippen LogP contribution is 2.32. The van der Waals surface area contributed by atoms with Crippen LogP contribution >= 0.6 is 0 Å². The Balaban J connectivity index is 2.64. The lowest BCUT2D eigenvalue weighted by molar-refractivity contribution is -0.130. The van der Waals surface area contributed by atoms with Gasteiger partial charge < -0.3 is 16.0 Å². The molecule has 1 atom stereocenters. The van der Waals surface area contributed by atoms with Gasteiger partial charge >= 0.3 is 0 Å². The van der Waals surface area contributed by atoms with Gasteiger partial charge in [0.05, 0.1) is 5.41 Å². The molecule has 0 spiro atoms. The number of carbonyl (C=O) groups excluding carboxylic acids is 1. The Morgan fingerprint density at radius 3 is 2.32 bits per heavy atom. The molecular weight excluding hydrogens is 238 g/mol. The average molecular weight is 269 g/mol. The first-order valence-electron chi connectivity index (χ1n) is 7.56. The number of nitrogens with two attached hydrogens (primary N) is 1. The minimum Gasteiger partial charge on any atom is -0.354 e. The Morgan fingerprint density at radius 2 is 1.89 bits per heavy atom. The molecule has 1 rings (SSSR count). The maximum Gasteiger partial charge on any atom is 0.227 e. The fourth-order valence-corrected chi connectivity index (χ4v) is 2.85. The summed E-state index contributed by atoms with van der Waals surface area (Å²) in [6.45, 7) is 5.12. The van der Waals surface area contributed by atoms with Gasteiger partial charge in [-0.1, -0.05) is 26.2 Å². The summed E-state index contributed by atoms with van der Waals surface area (Å²) in [6, 6.07) is 0. The molecule has 0 radical (unpaired) electrons. The molecule has 3 N–H and O–H groups in total. The van der Waals surface area contributed by atoms with E-state index in [0.29, 0.717) is 6.54 Å². The number of hydrogen-bond donors (Lipinski definition) is 2. The smallest absolute Gasteiger partial charge is 0.227 e. The van der Waals surface area contributed by atoms with Gasteiger partial charge in [0.1, 0.15) is 0 Å². The predicted molar refractivity (Wildman–Crippen MR) is 80.0 cm³/mol. The topological polar surface area (TPSA) is 58.4 Å². The second kappa shape index (κ2) is 6.71. The molecule has 1 aliphatic rings. The summed E-state index contributed by atoms with van der Waals surface area (Å²) < 4.78 is 0. The van der Waals surface area contributed by atoms with Crippen molar-refractivity contribution in [1.82, 2.24) is 10.2 Å². The highest BCUT2D eigenvalue weighted by atomic mass is 16.2. The van der Waals surface area contributed by atoms with Gasteiger partial charge in [-0.2, -0.15) is 0 Å². The van der Waals surface area contributed by atoms with Gasteiger partial charge in [-0.15, -0.1) is 0 Å². The molecule has 1 saturated carbocycles. The molecule has 0 aromatic rings. The van der Waals surface area contributed by atoms with Gasteiger partial charge in [0.15, 0.2) is 0 Å². The molecule has 0 saturated heterocycles. The number of nitrogens with one attached hydrogen (secondary N) is 1. The van der Waals surface area contributed by atoms with Crippen LogP contribution in [0.15, 0.2) is 0 Å². The average Bonchev–Trinajstić information content (AvgIpc) is 2.44. The van der Waals surface area contributed by atoms with Crippen LogP contribution in [0.4, 0.5) is 0 Å². The highest BCUT2D eigenvalue weighted by molar-refractivity contribution is 5.82. The number of hydrogen-bond acceptors (Lipinski definition) is 3. The third-order valence-corrected chi connectivity index (χ3v) is 5.09. The lowest BCUT2D eigenvalue weighted by Gasteiger charge is -2.43. The van der Waals surface area contributed by atoms with E-state index in [1.54, 1.807) is 0 Å². The third kappa shape index (κ3) is 3.69. The first-order valence-corrected chi connectivity index (χ1v) is 7.56. The summed E-state index contributed by atoms with van der Waals surface area (Å²) in [5, 5.41) is 3.16. The summed E-state index contributed by atoms with van der Waals surface area (Å²) in [4.78, 5) is 14.6. The lowest BCUT2D eigenvalue weighted by atomic mass is 9.80. The highest BCUT2D eigenvalue weighted by Gasteiger charge is 2.36. The Bertz CT molecular complexity index is 292. The molecule has 1 aliphatic carbocycles. The SMILES string of the molecule is CCC(C)(CN)C(=O)NCC1(N(C)C)CCCCC1. The van der Waals surface area contributed by atoms with Gasteiger partial charge in [-0.3, -0.25) is 4.79 Å². The van der Waals surface area contributed by atoms with E-state index in [0.717, 1.165) is 13.0 Å². The van der Waals surface area contributed by atoms with Crippen molar-refractivity contribution in [3.8, 4) is 0 Å². The maximum absolute atomic E-state index is 12.3. The summed E-state index contributed by atoms with van der Waals surface area (Å²) in [5.41, 5.74) is 5.46. The Labute approximate surface area is 118 Å². The standard InChI is InChI=1S/C15H31N3O/c1-5-14(2,11-16)13(19)17-12-15(18(3)4)9-7-6-8-10-15/h5-12,16H2,1-4H3,(H,17,19). The zero-order valence-corrected chi connectivity index (χ0v) is 13.1. The molecule has 4 heteroatoms. The summed E-state index contributed by atoms with van der Waals surface area (Å²) in [6.07, 6.45) is 6.97. The van der Waals surface area contributed by atoms with Crippen molar-refractivity contribution in [3.63, 3.8) is 0 Å². The maximum atomic E-state index is 12.3. The van der Waals surface area contributed by atoms with Crippen LogP contribution in [0, 0.1) is 5.41 Å². The molecule has 4 nitrogen and oxygen atoms in total. The second-order valence-electron chi connectivity index (χ2n) is 6.48. The molecule has 0 heterocycles. The summed E-state index contributed by atoms with van der Waals surface area (Å²) in [5.74, 6) is 0.101. The van der Waals surface area contributed by atoms with Gasteiger partial charge in [0.25, 0.3) is 0 Å². The summed E-state index contributed by atoms with van der Waals surface area (Å²) in [7, 11) is 4.25. The fourth-order valence-electron chi connectivity index (χ4n) is 2.85. The number of rotatable bonds is 6. The van der Waals surface area contributed by atoms with Crippen molar-refractivity contribution in [2.45, 2.75) is 57.9 Å². The van der Waals surface area contributed by atoms with Gasteiger partial charge in [0, 0.05) is 18.6 Å². The Morgan fingerprint density at radius 1 is 1.32 bits per heavy atom. The first kappa shape index (κ1) is 16.4. The van der Waals surface area contributed by atoms with E-state index >= 15 is 0 Å². The molecule has 0 bridgehead atoms. The Kier molecular flexibility index (Phi) is 5.81. The number of nitrogens with zero attached hydrogens (tertiary/aromatic N) is 1. The number of likely N-dealkylation sites (N-methyl/N-ethyl adjacent to an activating group) is 1. The minimum atomic E-state index is -0.428. The molecule has 0 aromatic carbocycles. The zero-order valence-electron chi connectivity index (χ0n) is 13.1. The molecule has 19 heavy (non-hydrogen) atoms. The van der Waals surface area contributed by atoms with Gasteiger partial charge in [-0.25, -0.2) is 0 Å². The third-order valence-electron chi connectivity index (χ3n) is 5.09. The van der Waals surface area contributed by atoms with Crippen LogP contribution in [0.3, 0.4) is 0 Å². The molecular formula is C15H31N3O. The van der Waals surface area contributed by atoms with E-state index < -0.39 is 5.41 Å². The molecule has 1 unspecified atom stereocenters. The van der Waals surface area contributed by atoms with Crippen LogP contribution < -0.4 is 11.1 Å². The first-order chi connectivity index (χ1) is 8.90. The largest absolute Gasteiger partial charge is 0.354 e. The second-order valence-corrected chi connectivity index (χ2v) is 6.48. The molecule has 1 amide bonds. The zero-order chi connectivity index (χ0) is 14.5. The van der Waals surface area contributed by atoms with Crippen LogP contribution in [0.25, 0.3) is 0 Å². The molecule has 0 aliphatic heterocycles. The normalized spacial score (nSPS) is 22.0. The number of carbonyl (C=O) groups is 1. The van der Waals surface area contributed by atoms with Crippen molar-refractivity contribution in [3.05, 3.63) is 0 Å². The van der Waals surface area contributed by atoms with Crippen LogP contribution in [-0.4, -0.2) is 43.5 Å². The van der Waals surface area contributed by atoms with E-state index in [2.05, 4.69) is 24.3 Å². The van der Waals surface area contributed by atoms with Crippen LogP contribution in [0.5, 0.6) is 0 Å². The van der Waals surface area contributed by atoms with Crippen LogP contribution in [0.1, 0.15) is 52.4 Å².